The molecular weight excluding hydrogens is 241 g/mol. The Morgan fingerprint density at radius 1 is 1.62 bits per heavy atom. The molecule has 1 aromatic carbocycles. The predicted molar refractivity (Wildman–Crippen MR) is 45.8 cm³/mol. The first-order chi connectivity index (χ1) is 6.07. The summed E-state index contributed by atoms with van der Waals surface area (Å²) < 4.78 is 13.3. The van der Waals surface area contributed by atoms with Gasteiger partial charge in [-0.25, -0.2) is 9.18 Å². The van der Waals surface area contributed by atoms with Crippen molar-refractivity contribution in [3.8, 4) is 6.07 Å². The second-order valence-electron chi connectivity index (χ2n) is 2.20. The third-order valence-corrected chi connectivity index (χ3v) is 2.09. The summed E-state index contributed by atoms with van der Waals surface area (Å²) in [6, 6.07) is 4.10. The topological polar surface area (TPSA) is 61.1 Å². The maximum atomic E-state index is 13.2. The van der Waals surface area contributed by atoms with Crippen molar-refractivity contribution in [1.29, 1.82) is 5.26 Å². The van der Waals surface area contributed by atoms with Gasteiger partial charge in [-0.2, -0.15) is 5.26 Å². The third kappa shape index (κ3) is 1.68. The van der Waals surface area contributed by atoms with Gasteiger partial charge < -0.3 is 5.11 Å². The van der Waals surface area contributed by atoms with E-state index in [1.54, 1.807) is 6.07 Å². The van der Waals surface area contributed by atoms with Crippen LogP contribution in [0.25, 0.3) is 0 Å². The minimum absolute atomic E-state index is 0.122. The van der Waals surface area contributed by atoms with E-state index in [1.807, 2.05) is 0 Å². The van der Waals surface area contributed by atoms with Crippen LogP contribution >= 0.6 is 15.9 Å². The van der Waals surface area contributed by atoms with Gasteiger partial charge in [0.25, 0.3) is 0 Å². The summed E-state index contributed by atoms with van der Waals surface area (Å²) in [5.41, 5.74) is -0.792. The Morgan fingerprint density at radius 3 is 2.69 bits per heavy atom. The molecule has 1 rings (SSSR count). The highest BCUT2D eigenvalue weighted by Crippen LogP contribution is 2.22. The molecule has 0 aliphatic rings. The number of carboxylic acids is 1. The second kappa shape index (κ2) is 3.54. The Bertz CT molecular complexity index is 411. The smallest absolute Gasteiger partial charge is 0.339 e. The quantitative estimate of drug-likeness (QED) is 0.823. The van der Waals surface area contributed by atoms with Crippen molar-refractivity contribution in [3.05, 3.63) is 33.5 Å². The molecule has 0 bridgehead atoms. The molecule has 0 aliphatic carbocycles. The first-order valence-electron chi connectivity index (χ1n) is 3.19. The molecule has 0 fully saturated rings. The van der Waals surface area contributed by atoms with Crippen LogP contribution in [-0.4, -0.2) is 11.1 Å². The number of hydrogen-bond donors (Lipinski definition) is 1. The molecule has 0 radical (unpaired) electrons. The summed E-state index contributed by atoms with van der Waals surface area (Å²) in [7, 11) is 0. The number of aromatic carboxylic acids is 1. The van der Waals surface area contributed by atoms with E-state index in [9.17, 15) is 9.18 Å². The first kappa shape index (κ1) is 9.68. The Labute approximate surface area is 81.5 Å². The number of rotatable bonds is 1. The fourth-order valence-corrected chi connectivity index (χ4v) is 1.31. The lowest BCUT2D eigenvalue weighted by molar-refractivity contribution is 0.0690. The molecule has 66 valence electrons. The monoisotopic (exact) mass is 243 g/mol. The standard InChI is InChI=1S/C8H3BrFNO2/c9-5-2-1-4(3-11)7(10)6(5)8(12)13/h1-2H,(H,12,13). The molecule has 0 unspecified atom stereocenters. The lowest BCUT2D eigenvalue weighted by Gasteiger charge is -2.01. The Kier molecular flexibility index (Phi) is 2.63. The van der Waals surface area contributed by atoms with Crippen molar-refractivity contribution >= 4 is 21.9 Å². The van der Waals surface area contributed by atoms with Crippen LogP contribution in [0.1, 0.15) is 15.9 Å². The van der Waals surface area contributed by atoms with Gasteiger partial charge in [-0.3, -0.25) is 0 Å². The molecule has 1 N–H and O–H groups in total. The maximum absolute atomic E-state index is 13.2. The average Bonchev–Trinajstić information content (AvgIpc) is 2.04. The fourth-order valence-electron chi connectivity index (χ4n) is 0.835. The molecule has 0 atom stereocenters. The van der Waals surface area contributed by atoms with Gasteiger partial charge in [0.1, 0.15) is 11.6 Å². The number of carboxylic acid groups (broad SMARTS) is 1. The highest BCUT2D eigenvalue weighted by atomic mass is 79.9. The molecule has 13 heavy (non-hydrogen) atoms. The molecule has 0 spiro atoms. The molecular formula is C8H3BrFNO2. The van der Waals surface area contributed by atoms with Gasteiger partial charge in [-0.1, -0.05) is 0 Å². The number of hydrogen-bond acceptors (Lipinski definition) is 2. The lowest BCUT2D eigenvalue weighted by atomic mass is 10.1. The highest BCUT2D eigenvalue weighted by molar-refractivity contribution is 9.10. The summed E-state index contributed by atoms with van der Waals surface area (Å²) in [6.07, 6.45) is 0. The van der Waals surface area contributed by atoms with Crippen LogP contribution in [0.4, 0.5) is 4.39 Å². The van der Waals surface area contributed by atoms with Crippen molar-refractivity contribution in [2.45, 2.75) is 0 Å². The van der Waals surface area contributed by atoms with Crippen LogP contribution in [0.3, 0.4) is 0 Å². The summed E-state index contributed by atoms with van der Waals surface area (Å²) in [6.45, 7) is 0. The second-order valence-corrected chi connectivity index (χ2v) is 3.06. The van der Waals surface area contributed by atoms with Crippen LogP contribution in [0.2, 0.25) is 0 Å². The van der Waals surface area contributed by atoms with E-state index >= 15 is 0 Å². The van der Waals surface area contributed by atoms with Gasteiger partial charge in [0.05, 0.1) is 5.56 Å². The zero-order valence-electron chi connectivity index (χ0n) is 6.21. The number of benzene rings is 1. The predicted octanol–water partition coefficient (Wildman–Crippen LogP) is 2.16. The molecule has 5 heteroatoms. The molecule has 0 aromatic heterocycles. The van der Waals surface area contributed by atoms with Crippen molar-refractivity contribution in [1.82, 2.24) is 0 Å². The van der Waals surface area contributed by atoms with E-state index in [2.05, 4.69) is 15.9 Å². The summed E-state index contributed by atoms with van der Waals surface area (Å²) in [5, 5.41) is 17.0. The minimum atomic E-state index is -1.40. The van der Waals surface area contributed by atoms with E-state index in [-0.39, 0.29) is 10.0 Å². The average molecular weight is 244 g/mol. The zero-order valence-corrected chi connectivity index (χ0v) is 7.80. The van der Waals surface area contributed by atoms with Crippen molar-refractivity contribution in [2.24, 2.45) is 0 Å². The van der Waals surface area contributed by atoms with E-state index in [4.69, 9.17) is 10.4 Å². The van der Waals surface area contributed by atoms with Crippen molar-refractivity contribution in [3.63, 3.8) is 0 Å². The lowest BCUT2D eigenvalue weighted by Crippen LogP contribution is -2.03. The summed E-state index contributed by atoms with van der Waals surface area (Å²) >= 11 is 2.88. The summed E-state index contributed by atoms with van der Waals surface area (Å²) in [4.78, 5) is 10.5. The van der Waals surface area contributed by atoms with Crippen molar-refractivity contribution < 1.29 is 14.3 Å². The number of nitrogens with zero attached hydrogens (tertiary/aromatic N) is 1. The van der Waals surface area contributed by atoms with Gasteiger partial charge in [-0.05, 0) is 28.1 Å². The molecule has 0 saturated carbocycles. The van der Waals surface area contributed by atoms with Crippen LogP contribution < -0.4 is 0 Å². The largest absolute Gasteiger partial charge is 0.478 e. The van der Waals surface area contributed by atoms with Crippen LogP contribution in [0.15, 0.2) is 16.6 Å². The van der Waals surface area contributed by atoms with E-state index in [0.717, 1.165) is 0 Å². The number of halogens is 2. The normalized spacial score (nSPS) is 9.31. The molecule has 0 heterocycles. The van der Waals surface area contributed by atoms with Gasteiger partial charge in [0.2, 0.25) is 0 Å². The number of nitriles is 1. The highest BCUT2D eigenvalue weighted by Gasteiger charge is 2.17. The molecule has 0 saturated heterocycles. The van der Waals surface area contributed by atoms with E-state index < -0.39 is 17.3 Å². The van der Waals surface area contributed by atoms with Gasteiger partial charge in [-0.15, -0.1) is 0 Å². The third-order valence-electron chi connectivity index (χ3n) is 1.43. The number of carbonyl (C=O) groups is 1. The van der Waals surface area contributed by atoms with E-state index in [0.29, 0.717) is 0 Å². The molecule has 0 amide bonds. The molecule has 3 nitrogen and oxygen atoms in total. The van der Waals surface area contributed by atoms with E-state index in [1.165, 1.54) is 12.1 Å². The Morgan fingerprint density at radius 2 is 2.23 bits per heavy atom. The molecule has 0 aliphatic heterocycles. The maximum Gasteiger partial charge on any atom is 0.339 e. The van der Waals surface area contributed by atoms with Crippen LogP contribution in [0, 0.1) is 17.1 Å². The van der Waals surface area contributed by atoms with Crippen LogP contribution in [-0.2, 0) is 0 Å². The first-order valence-corrected chi connectivity index (χ1v) is 3.98. The SMILES string of the molecule is N#Cc1ccc(Br)c(C(=O)O)c1F. The van der Waals surface area contributed by atoms with Crippen LogP contribution in [0.5, 0.6) is 0 Å². The van der Waals surface area contributed by atoms with Gasteiger partial charge >= 0.3 is 5.97 Å². The summed E-state index contributed by atoms with van der Waals surface area (Å²) in [5.74, 6) is -2.41. The van der Waals surface area contributed by atoms with Crippen molar-refractivity contribution in [2.75, 3.05) is 0 Å². The Balaban J connectivity index is 3.50. The van der Waals surface area contributed by atoms with Gasteiger partial charge in [0, 0.05) is 4.47 Å². The fraction of sp³-hybridized carbons (Fsp3) is 0. The zero-order chi connectivity index (χ0) is 10.0. The van der Waals surface area contributed by atoms with Gasteiger partial charge in [0.15, 0.2) is 5.82 Å². The minimum Gasteiger partial charge on any atom is -0.478 e. The Hall–Kier alpha value is -1.41. The molecule has 1 aromatic rings.